The van der Waals surface area contributed by atoms with E-state index in [9.17, 15) is 24.3 Å². The molecular weight excluding hydrogens is 500 g/mol. The number of hydrogen-bond donors (Lipinski definition) is 4. The summed E-state index contributed by atoms with van der Waals surface area (Å²) < 4.78 is 5.52. The lowest BCUT2D eigenvalue weighted by molar-refractivity contribution is -0.137. The molecule has 0 aliphatic carbocycles. The van der Waals surface area contributed by atoms with E-state index in [0.29, 0.717) is 41.5 Å². The van der Waals surface area contributed by atoms with Crippen LogP contribution in [-0.2, 0) is 38.5 Å². The number of phenolic OH excluding ortho intramolecular Hbond substituents is 1. The highest BCUT2D eigenvalue weighted by atomic mass is 35.5. The van der Waals surface area contributed by atoms with Crippen molar-refractivity contribution >= 4 is 40.9 Å². The maximum Gasteiger partial charge on any atom is 0.255 e. The van der Waals surface area contributed by atoms with Crippen LogP contribution in [0.3, 0.4) is 0 Å². The van der Waals surface area contributed by atoms with E-state index < -0.39 is 17.9 Å². The summed E-state index contributed by atoms with van der Waals surface area (Å²) in [5, 5.41) is 19.4. The van der Waals surface area contributed by atoms with Crippen molar-refractivity contribution in [2.75, 3.05) is 32.1 Å². The van der Waals surface area contributed by atoms with Crippen LogP contribution in [0.1, 0.15) is 39.9 Å². The molecule has 2 heterocycles. The monoisotopic (exact) mass is 528 g/mol. The van der Waals surface area contributed by atoms with E-state index in [1.807, 2.05) is 13.1 Å². The zero-order valence-electron chi connectivity index (χ0n) is 20.4. The van der Waals surface area contributed by atoms with Crippen molar-refractivity contribution in [2.45, 2.75) is 38.3 Å². The molecule has 0 spiro atoms. The number of halogens is 1. The standard InChI is InChI=1S/C26H29ClN4O6/c1-28-9-11-37-10-8-15-2-4-17(13-20(15)27)29-23(33)12-16-3-5-18-19(24(16)34)14-31(26(18)36)21-6-7-22(32)30-25(21)35/h2-5,13,21,28,34H,6-12,14H2,1H3,(H,29,33)(H,30,32,35). The van der Waals surface area contributed by atoms with Crippen molar-refractivity contribution in [2.24, 2.45) is 0 Å². The van der Waals surface area contributed by atoms with Crippen LogP contribution in [0.4, 0.5) is 5.69 Å². The second-order valence-corrected chi connectivity index (χ2v) is 9.40. The number of hydrogen-bond acceptors (Lipinski definition) is 7. The molecule has 4 rings (SSSR count). The van der Waals surface area contributed by atoms with Gasteiger partial charge in [0.1, 0.15) is 11.8 Å². The maximum atomic E-state index is 12.9. The van der Waals surface area contributed by atoms with E-state index >= 15 is 0 Å². The van der Waals surface area contributed by atoms with E-state index in [1.165, 1.54) is 11.0 Å². The summed E-state index contributed by atoms with van der Waals surface area (Å²) in [6.45, 7) is 1.94. The molecule has 0 bridgehead atoms. The van der Waals surface area contributed by atoms with Gasteiger partial charge in [-0.3, -0.25) is 24.5 Å². The van der Waals surface area contributed by atoms with Crippen molar-refractivity contribution in [3.63, 3.8) is 0 Å². The number of nitrogens with one attached hydrogen (secondary N) is 3. The van der Waals surface area contributed by atoms with Crippen LogP contribution in [0, 0.1) is 0 Å². The van der Waals surface area contributed by atoms with E-state index in [1.54, 1.807) is 18.2 Å². The number of amides is 4. The predicted octanol–water partition coefficient (Wildman–Crippen LogP) is 1.77. The highest BCUT2D eigenvalue weighted by molar-refractivity contribution is 6.31. The molecule has 1 atom stereocenters. The highest BCUT2D eigenvalue weighted by Crippen LogP contribution is 2.35. The first kappa shape index (κ1) is 26.6. The number of phenols is 1. The van der Waals surface area contributed by atoms with Crippen LogP contribution in [0.5, 0.6) is 5.75 Å². The van der Waals surface area contributed by atoms with Gasteiger partial charge in [-0.15, -0.1) is 0 Å². The van der Waals surface area contributed by atoms with Crippen molar-refractivity contribution in [3.05, 3.63) is 57.6 Å². The number of piperidine rings is 1. The molecule has 37 heavy (non-hydrogen) atoms. The van der Waals surface area contributed by atoms with Crippen LogP contribution in [-0.4, -0.2) is 66.5 Å². The summed E-state index contributed by atoms with van der Waals surface area (Å²) in [7, 11) is 1.86. The van der Waals surface area contributed by atoms with Crippen LogP contribution in [0.15, 0.2) is 30.3 Å². The number of ether oxygens (including phenoxy) is 1. The summed E-state index contributed by atoms with van der Waals surface area (Å²) >= 11 is 6.37. The average Bonchev–Trinajstić information content (AvgIpc) is 3.18. The molecule has 196 valence electrons. The molecule has 4 N–H and O–H groups in total. The van der Waals surface area contributed by atoms with Crippen LogP contribution >= 0.6 is 11.6 Å². The number of carbonyl (C=O) groups is 4. The first-order valence-corrected chi connectivity index (χ1v) is 12.4. The Morgan fingerprint density at radius 2 is 1.97 bits per heavy atom. The third-order valence-corrected chi connectivity index (χ3v) is 6.82. The van der Waals surface area contributed by atoms with Gasteiger partial charge in [0.15, 0.2) is 0 Å². The van der Waals surface area contributed by atoms with Gasteiger partial charge in [0.05, 0.1) is 26.2 Å². The lowest BCUT2D eigenvalue weighted by Crippen LogP contribution is -2.52. The fraction of sp³-hybridized carbons (Fsp3) is 0.385. The molecule has 10 nitrogen and oxygen atoms in total. The summed E-state index contributed by atoms with van der Waals surface area (Å²) in [5.41, 5.74) is 2.43. The van der Waals surface area contributed by atoms with Gasteiger partial charge < -0.3 is 25.4 Å². The minimum Gasteiger partial charge on any atom is -0.507 e. The second-order valence-electron chi connectivity index (χ2n) is 9.00. The molecule has 0 aromatic heterocycles. The summed E-state index contributed by atoms with van der Waals surface area (Å²) in [5.74, 6) is -1.80. The van der Waals surface area contributed by atoms with Crippen molar-refractivity contribution in [3.8, 4) is 5.75 Å². The minimum absolute atomic E-state index is 0.0253. The molecule has 2 aromatic rings. The molecule has 0 radical (unpaired) electrons. The van der Waals surface area contributed by atoms with E-state index in [4.69, 9.17) is 16.3 Å². The Kier molecular flexibility index (Phi) is 8.42. The SMILES string of the molecule is CNCCOCCc1ccc(NC(=O)Cc2ccc3c(c2O)CN(C2CCC(=O)NC2=O)C3=O)cc1Cl. The number of anilines is 1. The summed E-state index contributed by atoms with van der Waals surface area (Å²) in [6.07, 6.45) is 0.896. The molecule has 11 heteroatoms. The maximum absolute atomic E-state index is 12.9. The average molecular weight is 529 g/mol. The first-order valence-electron chi connectivity index (χ1n) is 12.1. The van der Waals surface area contributed by atoms with Gasteiger partial charge in [0.25, 0.3) is 5.91 Å². The Balaban J connectivity index is 1.37. The third kappa shape index (κ3) is 6.10. The normalized spacial score (nSPS) is 17.1. The highest BCUT2D eigenvalue weighted by Gasteiger charge is 2.40. The van der Waals surface area contributed by atoms with Gasteiger partial charge >= 0.3 is 0 Å². The van der Waals surface area contributed by atoms with Crippen LogP contribution in [0.25, 0.3) is 0 Å². The second kappa shape index (κ2) is 11.7. The minimum atomic E-state index is -0.781. The summed E-state index contributed by atoms with van der Waals surface area (Å²) in [6, 6.07) is 7.56. The molecule has 2 aliphatic rings. The first-order chi connectivity index (χ1) is 17.8. The fourth-order valence-corrected chi connectivity index (χ4v) is 4.76. The van der Waals surface area contributed by atoms with E-state index in [2.05, 4.69) is 16.0 Å². The van der Waals surface area contributed by atoms with Gasteiger partial charge in [-0.25, -0.2) is 0 Å². The number of benzene rings is 2. The lowest BCUT2D eigenvalue weighted by atomic mass is 10.0. The Morgan fingerprint density at radius 3 is 2.70 bits per heavy atom. The number of nitrogens with zero attached hydrogens (tertiary/aromatic N) is 1. The number of aromatic hydroxyl groups is 1. The largest absolute Gasteiger partial charge is 0.507 e. The molecule has 1 fully saturated rings. The number of likely N-dealkylation sites (N-methyl/N-ethyl adjacent to an activating group) is 1. The van der Waals surface area contributed by atoms with Crippen molar-refractivity contribution < 1.29 is 29.0 Å². The smallest absolute Gasteiger partial charge is 0.255 e. The van der Waals surface area contributed by atoms with Crippen molar-refractivity contribution in [1.82, 2.24) is 15.5 Å². The van der Waals surface area contributed by atoms with Gasteiger partial charge in [0, 0.05) is 40.4 Å². The lowest BCUT2D eigenvalue weighted by Gasteiger charge is -2.29. The van der Waals surface area contributed by atoms with Gasteiger partial charge in [-0.05, 0) is 43.7 Å². The molecule has 2 aliphatic heterocycles. The third-order valence-electron chi connectivity index (χ3n) is 6.47. The Morgan fingerprint density at radius 1 is 1.19 bits per heavy atom. The molecule has 2 aromatic carbocycles. The van der Waals surface area contributed by atoms with Gasteiger partial charge in [0.2, 0.25) is 17.7 Å². The zero-order chi connectivity index (χ0) is 26.5. The van der Waals surface area contributed by atoms with Gasteiger partial charge in [-0.1, -0.05) is 23.7 Å². The molecular formula is C26H29ClN4O6. The van der Waals surface area contributed by atoms with Crippen LogP contribution in [0.2, 0.25) is 5.02 Å². The van der Waals surface area contributed by atoms with E-state index in [0.717, 1.165) is 12.1 Å². The molecule has 1 saturated heterocycles. The predicted molar refractivity (Wildman–Crippen MR) is 136 cm³/mol. The van der Waals surface area contributed by atoms with Gasteiger partial charge in [-0.2, -0.15) is 0 Å². The topological polar surface area (TPSA) is 137 Å². The number of fused-ring (bicyclic) bond motifs is 1. The van der Waals surface area contributed by atoms with Crippen LogP contribution < -0.4 is 16.0 Å². The quantitative estimate of drug-likeness (QED) is 0.272. The Labute approximate surface area is 219 Å². The molecule has 0 saturated carbocycles. The molecule has 4 amide bonds. The van der Waals surface area contributed by atoms with E-state index in [-0.39, 0.29) is 48.9 Å². The van der Waals surface area contributed by atoms with Crippen molar-refractivity contribution in [1.29, 1.82) is 0 Å². The Bertz CT molecular complexity index is 1230. The summed E-state index contributed by atoms with van der Waals surface area (Å²) in [4.78, 5) is 50.6. The zero-order valence-corrected chi connectivity index (χ0v) is 21.2. The number of rotatable bonds is 10. The fourth-order valence-electron chi connectivity index (χ4n) is 4.48. The number of imide groups is 1. The number of carbonyl (C=O) groups excluding carboxylic acids is 4. The molecule has 1 unspecified atom stereocenters. The Hall–Kier alpha value is -3.47.